The summed E-state index contributed by atoms with van der Waals surface area (Å²) in [4.78, 5) is 2.43. The van der Waals surface area contributed by atoms with Gasteiger partial charge in [-0.25, -0.2) is 0 Å². The fourth-order valence-corrected chi connectivity index (χ4v) is 10.8. The Morgan fingerprint density at radius 1 is 0.311 bits per heavy atom. The van der Waals surface area contributed by atoms with Gasteiger partial charge in [-0.05, 0) is 139 Å². The van der Waals surface area contributed by atoms with Gasteiger partial charge < -0.3 is 9.47 Å². The quantitative estimate of drug-likeness (QED) is 0.169. The summed E-state index contributed by atoms with van der Waals surface area (Å²) in [5.74, 6) is 0. The SMILES string of the molecule is c1ccc(-c2ccc(N(c3ccc4cc5c(cc4c3)C3(c4ccccc4-c4ccccc43)c3ccccc3-5)c3ccc4c(c3)c3ccccc3n4-c3ccccc3)cc2)cc1. The zero-order chi connectivity index (χ0) is 40.1. The molecule has 13 rings (SSSR count). The van der Waals surface area contributed by atoms with Crippen molar-refractivity contribution in [3.63, 3.8) is 0 Å². The molecular formula is C59H38N2. The summed E-state index contributed by atoms with van der Waals surface area (Å²) >= 11 is 0. The van der Waals surface area contributed by atoms with Gasteiger partial charge >= 0.3 is 0 Å². The van der Waals surface area contributed by atoms with E-state index in [2.05, 4.69) is 240 Å². The van der Waals surface area contributed by atoms with Crippen molar-refractivity contribution in [1.29, 1.82) is 0 Å². The molecule has 0 aliphatic heterocycles. The fourth-order valence-electron chi connectivity index (χ4n) is 10.8. The fraction of sp³-hybridized carbons (Fsp3) is 0.0169. The molecule has 0 saturated heterocycles. The zero-order valence-corrected chi connectivity index (χ0v) is 33.3. The summed E-state index contributed by atoms with van der Waals surface area (Å²) < 4.78 is 2.39. The van der Waals surface area contributed by atoms with Gasteiger partial charge in [-0.1, -0.05) is 158 Å². The van der Waals surface area contributed by atoms with E-state index in [0.29, 0.717) is 0 Å². The lowest BCUT2D eigenvalue weighted by Crippen LogP contribution is -2.25. The Labute approximate surface area is 354 Å². The Hall–Kier alpha value is -7.94. The molecular weight excluding hydrogens is 737 g/mol. The van der Waals surface area contributed by atoms with Gasteiger partial charge in [-0.2, -0.15) is 0 Å². The Kier molecular flexibility index (Phi) is 7.26. The summed E-state index contributed by atoms with van der Waals surface area (Å²) in [6.45, 7) is 0. The lowest BCUT2D eigenvalue weighted by molar-refractivity contribution is 0.795. The van der Waals surface area contributed by atoms with E-state index in [0.717, 1.165) is 22.7 Å². The van der Waals surface area contributed by atoms with Gasteiger partial charge in [0.2, 0.25) is 0 Å². The Morgan fingerprint density at radius 2 is 0.836 bits per heavy atom. The topological polar surface area (TPSA) is 8.17 Å². The van der Waals surface area contributed by atoms with Gasteiger partial charge in [0.25, 0.3) is 0 Å². The average molecular weight is 775 g/mol. The molecule has 1 heterocycles. The number of fused-ring (bicyclic) bond motifs is 14. The largest absolute Gasteiger partial charge is 0.310 e. The lowest BCUT2D eigenvalue weighted by atomic mass is 9.70. The molecule has 2 aliphatic rings. The predicted molar refractivity (Wildman–Crippen MR) is 255 cm³/mol. The molecule has 0 N–H and O–H groups in total. The molecule has 10 aromatic carbocycles. The first-order valence-electron chi connectivity index (χ1n) is 21.2. The van der Waals surface area contributed by atoms with Crippen LogP contribution < -0.4 is 4.90 Å². The number of hydrogen-bond donors (Lipinski definition) is 0. The Morgan fingerprint density at radius 3 is 1.54 bits per heavy atom. The highest BCUT2D eigenvalue weighted by molar-refractivity contribution is 6.11. The van der Waals surface area contributed by atoms with Crippen molar-refractivity contribution in [2.75, 3.05) is 4.90 Å². The van der Waals surface area contributed by atoms with Crippen molar-refractivity contribution in [2.45, 2.75) is 5.41 Å². The maximum Gasteiger partial charge on any atom is 0.0725 e. The second-order valence-corrected chi connectivity index (χ2v) is 16.5. The first-order chi connectivity index (χ1) is 30.3. The molecule has 0 fully saturated rings. The van der Waals surface area contributed by atoms with Gasteiger partial charge in [0.05, 0.1) is 16.4 Å². The highest BCUT2D eigenvalue weighted by Crippen LogP contribution is 2.63. The van der Waals surface area contributed by atoms with Crippen LogP contribution in [-0.2, 0) is 5.41 Å². The standard InChI is InChI=1S/C59H38N2/c1-3-15-39(16-4-1)40-27-30-44(31-28-40)60(46-33-34-58-52(38-46)50-22-10-14-26-57(50)61(58)43-17-5-2-6-18-43)45-32-29-41-36-51-49-21-9-13-25-55(49)59(56(51)37-42(41)35-45)53-23-11-7-19-47(53)48-20-8-12-24-54(48)59/h1-38H. The van der Waals surface area contributed by atoms with E-state index in [1.54, 1.807) is 0 Å². The van der Waals surface area contributed by atoms with Crippen molar-refractivity contribution in [1.82, 2.24) is 4.57 Å². The lowest BCUT2D eigenvalue weighted by Gasteiger charge is -2.30. The minimum Gasteiger partial charge on any atom is -0.310 e. The summed E-state index contributed by atoms with van der Waals surface area (Å²) in [5, 5.41) is 4.91. The molecule has 0 radical (unpaired) electrons. The monoisotopic (exact) mass is 774 g/mol. The average Bonchev–Trinajstić information content (AvgIpc) is 3.93. The Balaban J connectivity index is 1.03. The van der Waals surface area contributed by atoms with Crippen LogP contribution >= 0.6 is 0 Å². The third-order valence-electron chi connectivity index (χ3n) is 13.4. The van der Waals surface area contributed by atoms with E-state index in [-0.39, 0.29) is 0 Å². The number of anilines is 3. The molecule has 61 heavy (non-hydrogen) atoms. The molecule has 1 aromatic heterocycles. The first kappa shape index (κ1) is 34.0. The minimum atomic E-state index is -0.395. The van der Waals surface area contributed by atoms with E-state index in [4.69, 9.17) is 0 Å². The molecule has 2 nitrogen and oxygen atoms in total. The van der Waals surface area contributed by atoms with Crippen LogP contribution in [0.25, 0.3) is 71.6 Å². The maximum atomic E-state index is 2.50. The third-order valence-corrected chi connectivity index (χ3v) is 13.4. The van der Waals surface area contributed by atoms with Crippen LogP contribution in [0.2, 0.25) is 0 Å². The van der Waals surface area contributed by atoms with E-state index in [1.807, 2.05) is 0 Å². The van der Waals surface area contributed by atoms with Gasteiger partial charge in [-0.3, -0.25) is 0 Å². The third kappa shape index (κ3) is 4.85. The van der Waals surface area contributed by atoms with E-state index < -0.39 is 5.41 Å². The van der Waals surface area contributed by atoms with Crippen LogP contribution in [0.4, 0.5) is 17.1 Å². The number of benzene rings is 10. The summed E-state index contributed by atoms with van der Waals surface area (Å²) in [6, 6.07) is 85.3. The highest BCUT2D eigenvalue weighted by Gasteiger charge is 2.51. The van der Waals surface area contributed by atoms with Crippen LogP contribution in [0.5, 0.6) is 0 Å². The van der Waals surface area contributed by atoms with E-state index in [1.165, 1.54) is 88.2 Å². The first-order valence-corrected chi connectivity index (χ1v) is 21.2. The van der Waals surface area contributed by atoms with E-state index in [9.17, 15) is 0 Å². The van der Waals surface area contributed by atoms with E-state index >= 15 is 0 Å². The number of rotatable bonds is 5. The highest BCUT2D eigenvalue weighted by atomic mass is 15.1. The number of para-hydroxylation sites is 2. The number of nitrogens with zero attached hydrogens (tertiary/aromatic N) is 2. The smallest absolute Gasteiger partial charge is 0.0725 e. The van der Waals surface area contributed by atoms with Gasteiger partial charge in [0, 0.05) is 33.5 Å². The molecule has 0 atom stereocenters. The number of hydrogen-bond acceptors (Lipinski definition) is 1. The summed E-state index contributed by atoms with van der Waals surface area (Å²) in [7, 11) is 0. The summed E-state index contributed by atoms with van der Waals surface area (Å²) in [5.41, 5.74) is 19.6. The van der Waals surface area contributed by atoms with Crippen LogP contribution in [-0.4, -0.2) is 4.57 Å². The van der Waals surface area contributed by atoms with Crippen LogP contribution in [0.1, 0.15) is 22.3 Å². The van der Waals surface area contributed by atoms with Crippen molar-refractivity contribution >= 4 is 49.6 Å². The molecule has 0 amide bonds. The van der Waals surface area contributed by atoms with Crippen molar-refractivity contribution in [2.24, 2.45) is 0 Å². The maximum absolute atomic E-state index is 2.50. The summed E-state index contributed by atoms with van der Waals surface area (Å²) in [6.07, 6.45) is 0. The molecule has 0 saturated carbocycles. The predicted octanol–water partition coefficient (Wildman–Crippen LogP) is 15.4. The van der Waals surface area contributed by atoms with Crippen LogP contribution in [0.3, 0.4) is 0 Å². The molecule has 0 unspecified atom stereocenters. The molecule has 11 aromatic rings. The Bertz CT molecular complexity index is 3480. The molecule has 2 heteroatoms. The zero-order valence-electron chi connectivity index (χ0n) is 33.3. The molecule has 2 aliphatic carbocycles. The van der Waals surface area contributed by atoms with Gasteiger partial charge in [0.1, 0.15) is 0 Å². The minimum absolute atomic E-state index is 0.395. The molecule has 0 bridgehead atoms. The van der Waals surface area contributed by atoms with Crippen molar-refractivity contribution < 1.29 is 0 Å². The number of aromatic nitrogens is 1. The second-order valence-electron chi connectivity index (χ2n) is 16.5. The van der Waals surface area contributed by atoms with Crippen molar-refractivity contribution in [3.05, 3.63) is 253 Å². The molecule has 1 spiro atoms. The second kappa shape index (κ2) is 13.0. The van der Waals surface area contributed by atoms with Crippen molar-refractivity contribution in [3.8, 4) is 39.1 Å². The molecule has 284 valence electrons. The van der Waals surface area contributed by atoms with Crippen LogP contribution in [0.15, 0.2) is 231 Å². The van der Waals surface area contributed by atoms with Crippen LogP contribution in [0, 0.1) is 0 Å². The van der Waals surface area contributed by atoms with Gasteiger partial charge in [-0.15, -0.1) is 0 Å². The normalized spacial score (nSPS) is 13.0. The van der Waals surface area contributed by atoms with Gasteiger partial charge in [0.15, 0.2) is 0 Å².